The van der Waals surface area contributed by atoms with Crippen LogP contribution in [0.15, 0.2) is 6.20 Å². The van der Waals surface area contributed by atoms with Crippen LogP contribution in [0.25, 0.3) is 0 Å². The molecule has 1 heterocycles. The van der Waals surface area contributed by atoms with Gasteiger partial charge in [-0.15, -0.1) is 0 Å². The van der Waals surface area contributed by atoms with Gasteiger partial charge >= 0.3 is 0 Å². The number of nitrogens with one attached hydrogen (secondary N) is 1. The molecule has 1 N–H and O–H groups in total. The topological polar surface area (TPSA) is 39.1 Å². The summed E-state index contributed by atoms with van der Waals surface area (Å²) in [6, 6.07) is 0.283. The largest absolute Gasteiger partial charge is 0.493 e. The Hall–Kier alpha value is -0.680. The van der Waals surface area contributed by atoms with Gasteiger partial charge in [0.1, 0.15) is 0 Å². The van der Waals surface area contributed by atoms with Crippen LogP contribution in [0, 0.1) is 5.92 Å². The van der Waals surface area contributed by atoms with Gasteiger partial charge in [-0.05, 0) is 25.6 Å². The molecule has 0 saturated carbocycles. The predicted molar refractivity (Wildman–Crippen MR) is 78.4 cm³/mol. The van der Waals surface area contributed by atoms with E-state index in [1.807, 2.05) is 23.5 Å². The SMILES string of the molecule is CCn1ncc(OC)c1C(CSCC(C)C)NC. The molecule has 1 unspecified atom stereocenters. The standard InChI is InChI=1S/C13H25N3OS/c1-6-16-13(12(17-5)7-15-16)11(14-4)9-18-8-10(2)3/h7,10-11,14H,6,8-9H2,1-5H3. The van der Waals surface area contributed by atoms with E-state index < -0.39 is 0 Å². The Morgan fingerprint density at radius 1 is 1.44 bits per heavy atom. The first kappa shape index (κ1) is 15.4. The van der Waals surface area contributed by atoms with Gasteiger partial charge in [-0.2, -0.15) is 16.9 Å². The zero-order valence-corrected chi connectivity index (χ0v) is 12.9. The molecule has 104 valence electrons. The van der Waals surface area contributed by atoms with Gasteiger partial charge in [0.15, 0.2) is 5.75 Å². The number of nitrogens with zero attached hydrogens (tertiary/aromatic N) is 2. The lowest BCUT2D eigenvalue weighted by molar-refractivity contribution is 0.399. The second kappa shape index (κ2) is 7.69. The van der Waals surface area contributed by atoms with Crippen molar-refractivity contribution in [3.05, 3.63) is 11.9 Å². The van der Waals surface area contributed by atoms with Crippen molar-refractivity contribution < 1.29 is 4.74 Å². The number of thioether (sulfide) groups is 1. The maximum absolute atomic E-state index is 5.41. The second-order valence-corrected chi connectivity index (χ2v) is 5.76. The number of aryl methyl sites for hydroxylation is 1. The van der Waals surface area contributed by atoms with Crippen LogP contribution in [0.1, 0.15) is 32.5 Å². The van der Waals surface area contributed by atoms with Crippen molar-refractivity contribution in [1.29, 1.82) is 0 Å². The number of methoxy groups -OCH3 is 1. The molecule has 1 aromatic rings. The highest BCUT2D eigenvalue weighted by molar-refractivity contribution is 7.99. The van der Waals surface area contributed by atoms with Crippen LogP contribution in [0.2, 0.25) is 0 Å². The van der Waals surface area contributed by atoms with Gasteiger partial charge in [0.2, 0.25) is 0 Å². The van der Waals surface area contributed by atoms with Gasteiger partial charge in [0, 0.05) is 12.3 Å². The zero-order chi connectivity index (χ0) is 13.5. The van der Waals surface area contributed by atoms with E-state index in [0.29, 0.717) is 0 Å². The molecule has 1 rings (SSSR count). The van der Waals surface area contributed by atoms with Crippen LogP contribution >= 0.6 is 11.8 Å². The lowest BCUT2D eigenvalue weighted by Gasteiger charge is -2.19. The van der Waals surface area contributed by atoms with E-state index in [-0.39, 0.29) is 6.04 Å². The molecular formula is C13H25N3OS. The average Bonchev–Trinajstić information content (AvgIpc) is 2.77. The zero-order valence-electron chi connectivity index (χ0n) is 12.1. The van der Waals surface area contributed by atoms with Gasteiger partial charge in [0.25, 0.3) is 0 Å². The predicted octanol–water partition coefficient (Wildman–Crippen LogP) is 2.56. The third kappa shape index (κ3) is 3.92. The summed E-state index contributed by atoms with van der Waals surface area (Å²) in [6.45, 7) is 7.46. The first-order valence-corrected chi connectivity index (χ1v) is 7.64. The minimum absolute atomic E-state index is 0.283. The molecule has 0 bridgehead atoms. The molecule has 1 atom stereocenters. The van der Waals surface area contributed by atoms with Crippen molar-refractivity contribution >= 4 is 11.8 Å². The molecule has 0 aromatic carbocycles. The van der Waals surface area contributed by atoms with Gasteiger partial charge in [0.05, 0.1) is 25.0 Å². The van der Waals surface area contributed by atoms with Crippen LogP contribution < -0.4 is 10.1 Å². The Morgan fingerprint density at radius 2 is 2.17 bits per heavy atom. The number of hydrogen-bond acceptors (Lipinski definition) is 4. The van der Waals surface area contributed by atoms with Crippen LogP contribution in [0.4, 0.5) is 0 Å². The third-order valence-corrected chi connectivity index (χ3v) is 4.25. The van der Waals surface area contributed by atoms with Crippen molar-refractivity contribution in [2.24, 2.45) is 5.92 Å². The summed E-state index contributed by atoms with van der Waals surface area (Å²) in [5.74, 6) is 3.82. The molecule has 4 nitrogen and oxygen atoms in total. The molecule has 0 spiro atoms. The van der Waals surface area contributed by atoms with E-state index in [2.05, 4.69) is 31.2 Å². The average molecular weight is 271 g/mol. The van der Waals surface area contributed by atoms with Crippen LogP contribution in [0.5, 0.6) is 5.75 Å². The van der Waals surface area contributed by atoms with Gasteiger partial charge < -0.3 is 10.1 Å². The lowest BCUT2D eigenvalue weighted by Crippen LogP contribution is -2.23. The molecule has 0 fully saturated rings. The summed E-state index contributed by atoms with van der Waals surface area (Å²) in [4.78, 5) is 0. The summed E-state index contributed by atoms with van der Waals surface area (Å²) in [5.41, 5.74) is 1.15. The fourth-order valence-corrected chi connectivity index (χ4v) is 3.03. The summed E-state index contributed by atoms with van der Waals surface area (Å²) >= 11 is 1.97. The minimum atomic E-state index is 0.283. The summed E-state index contributed by atoms with van der Waals surface area (Å²) in [7, 11) is 3.70. The fraction of sp³-hybridized carbons (Fsp3) is 0.769. The van der Waals surface area contributed by atoms with Crippen molar-refractivity contribution in [3.63, 3.8) is 0 Å². The van der Waals surface area contributed by atoms with Crippen molar-refractivity contribution in [2.45, 2.75) is 33.4 Å². The molecule has 0 aliphatic rings. The first-order chi connectivity index (χ1) is 8.63. The van der Waals surface area contributed by atoms with E-state index in [0.717, 1.165) is 29.7 Å². The fourth-order valence-electron chi connectivity index (χ4n) is 1.86. The van der Waals surface area contributed by atoms with Gasteiger partial charge in [-0.3, -0.25) is 4.68 Å². The Labute approximate surface area is 114 Å². The van der Waals surface area contributed by atoms with Crippen LogP contribution in [0.3, 0.4) is 0 Å². The Balaban J connectivity index is 2.76. The number of aromatic nitrogens is 2. The Morgan fingerprint density at radius 3 is 2.67 bits per heavy atom. The Bertz CT molecular complexity index is 331. The van der Waals surface area contributed by atoms with Crippen molar-refractivity contribution in [1.82, 2.24) is 15.1 Å². The van der Waals surface area contributed by atoms with Gasteiger partial charge in [-0.25, -0.2) is 0 Å². The summed E-state index contributed by atoms with van der Waals surface area (Å²) < 4.78 is 7.42. The molecule has 0 aliphatic heterocycles. The molecule has 5 heteroatoms. The van der Waals surface area contributed by atoms with E-state index in [1.165, 1.54) is 5.75 Å². The van der Waals surface area contributed by atoms with E-state index in [9.17, 15) is 0 Å². The summed E-state index contributed by atoms with van der Waals surface area (Å²) in [6.07, 6.45) is 1.80. The second-order valence-electron chi connectivity index (χ2n) is 4.69. The highest BCUT2D eigenvalue weighted by Crippen LogP contribution is 2.27. The maximum atomic E-state index is 5.41. The molecule has 0 saturated heterocycles. The summed E-state index contributed by atoms with van der Waals surface area (Å²) in [5, 5.41) is 7.73. The monoisotopic (exact) mass is 271 g/mol. The number of hydrogen-bond donors (Lipinski definition) is 1. The van der Waals surface area contributed by atoms with Crippen LogP contribution in [-0.2, 0) is 6.54 Å². The molecule has 0 aliphatic carbocycles. The molecule has 18 heavy (non-hydrogen) atoms. The third-order valence-electron chi connectivity index (χ3n) is 2.78. The number of rotatable bonds is 8. The Kier molecular flexibility index (Phi) is 6.57. The maximum Gasteiger partial charge on any atom is 0.161 e. The van der Waals surface area contributed by atoms with Gasteiger partial charge in [-0.1, -0.05) is 13.8 Å². The molecular weight excluding hydrogens is 246 g/mol. The first-order valence-electron chi connectivity index (χ1n) is 6.48. The van der Waals surface area contributed by atoms with Crippen LogP contribution in [-0.4, -0.2) is 35.4 Å². The molecule has 1 aromatic heterocycles. The van der Waals surface area contributed by atoms with Crippen molar-refractivity contribution in [3.8, 4) is 5.75 Å². The van der Waals surface area contributed by atoms with E-state index >= 15 is 0 Å². The minimum Gasteiger partial charge on any atom is -0.493 e. The van der Waals surface area contributed by atoms with E-state index in [1.54, 1.807) is 13.3 Å². The normalized spacial score (nSPS) is 13.0. The number of ether oxygens (including phenoxy) is 1. The molecule has 0 amide bonds. The van der Waals surface area contributed by atoms with E-state index in [4.69, 9.17) is 4.74 Å². The molecule has 0 radical (unpaired) electrons. The highest BCUT2D eigenvalue weighted by atomic mass is 32.2. The highest BCUT2D eigenvalue weighted by Gasteiger charge is 2.20. The smallest absolute Gasteiger partial charge is 0.161 e. The van der Waals surface area contributed by atoms with Crippen molar-refractivity contribution in [2.75, 3.05) is 25.7 Å². The lowest BCUT2D eigenvalue weighted by atomic mass is 10.2. The quantitative estimate of drug-likeness (QED) is 0.789.